The van der Waals surface area contributed by atoms with Gasteiger partial charge < -0.3 is 44.2 Å². The highest BCUT2D eigenvalue weighted by atomic mass is 35.5. The summed E-state index contributed by atoms with van der Waals surface area (Å²) in [5.74, 6) is 2.63. The average molecular weight is 1010 g/mol. The number of nitrogens with two attached hydrogens (primary N) is 1. The molecule has 0 saturated carbocycles. The predicted molar refractivity (Wildman–Crippen MR) is 261 cm³/mol. The van der Waals surface area contributed by atoms with E-state index in [0.717, 1.165) is 46.1 Å². The Morgan fingerprint density at radius 2 is 1.18 bits per heavy atom. The fourth-order valence-corrected chi connectivity index (χ4v) is 8.68. The number of esters is 1. The van der Waals surface area contributed by atoms with Crippen LogP contribution in [0.1, 0.15) is 34.1 Å². The van der Waals surface area contributed by atoms with Gasteiger partial charge in [0.1, 0.15) is 28.6 Å². The number of rotatable bonds is 10. The molecule has 4 aromatic carbocycles. The summed E-state index contributed by atoms with van der Waals surface area (Å²) in [6, 6.07) is 14.7. The molecule has 0 unspecified atom stereocenters. The Labute approximate surface area is 408 Å². The number of hydrogen-bond donors (Lipinski definition) is 2. The van der Waals surface area contributed by atoms with E-state index in [1.165, 1.54) is 28.4 Å². The minimum Gasteiger partial charge on any atom is -0.495 e. The first-order chi connectivity index (χ1) is 31.4. The van der Waals surface area contributed by atoms with E-state index in [4.69, 9.17) is 96.9 Å². The van der Waals surface area contributed by atoms with Crippen molar-refractivity contribution < 1.29 is 38.0 Å². The first kappa shape index (κ1) is 50.8. The second-order valence-corrected chi connectivity index (χ2v) is 18.3. The number of methoxy groups -OCH3 is 4. The Kier molecular flexibility index (Phi) is 17.3. The molecule has 0 spiro atoms. The van der Waals surface area contributed by atoms with Crippen LogP contribution in [0.25, 0.3) is 44.1 Å². The van der Waals surface area contributed by atoms with Crippen molar-refractivity contribution in [1.29, 1.82) is 0 Å². The molecule has 66 heavy (non-hydrogen) atoms. The van der Waals surface area contributed by atoms with Crippen LogP contribution in [0.4, 0.5) is 5.95 Å². The van der Waals surface area contributed by atoms with Crippen LogP contribution in [0.5, 0.6) is 23.0 Å². The second kappa shape index (κ2) is 22.4. The lowest BCUT2D eigenvalue weighted by molar-refractivity contribution is -0.156. The van der Waals surface area contributed by atoms with Gasteiger partial charge in [-0.15, -0.1) is 0 Å². The zero-order chi connectivity index (χ0) is 47.9. The summed E-state index contributed by atoms with van der Waals surface area (Å²) < 4.78 is 37.5. The van der Waals surface area contributed by atoms with Crippen molar-refractivity contribution in [3.63, 3.8) is 0 Å². The molecule has 2 aliphatic heterocycles. The fourth-order valence-electron chi connectivity index (χ4n) is 7.10. The molecule has 0 bridgehead atoms. The number of aromatic nitrogens is 4. The lowest BCUT2D eigenvalue weighted by Gasteiger charge is -2.23. The van der Waals surface area contributed by atoms with Gasteiger partial charge in [0.05, 0.1) is 98.5 Å². The maximum absolute atomic E-state index is 12.3. The van der Waals surface area contributed by atoms with Gasteiger partial charge in [-0.2, -0.15) is 0 Å². The summed E-state index contributed by atoms with van der Waals surface area (Å²) in [5.41, 5.74) is 9.31. The molecule has 0 aliphatic carbocycles. The number of anilines is 1. The van der Waals surface area contributed by atoms with Crippen LogP contribution in [0.2, 0.25) is 25.4 Å². The Hall–Kier alpha value is -4.64. The average Bonchev–Trinajstić information content (AvgIpc) is 3.89. The van der Waals surface area contributed by atoms with Gasteiger partial charge in [0, 0.05) is 58.4 Å². The lowest BCUT2D eigenvalue weighted by atomic mass is 10.00. The molecular formula is C47H51Cl5N6O8. The van der Waals surface area contributed by atoms with Crippen molar-refractivity contribution in [2.24, 2.45) is 17.6 Å². The number of benzene rings is 4. The molecule has 2 saturated heterocycles. The Morgan fingerprint density at radius 3 is 1.62 bits per heavy atom. The number of ether oxygens (including phenoxy) is 7. The SMILES string of the molecule is COc1cc(OC)c(Cl)c(-c2ccc3nc(Cl)ncc3c2)c1Cl.COc1cc(OC)c(Cl)c(-c2ccc3nc(N[C@@H]4COC[C@@H]4CC(=O)OC(C)(C)C)ncc3c2)c1Cl.C[C@H]1COC[C@H]1N. The summed E-state index contributed by atoms with van der Waals surface area (Å²) >= 11 is 31.8. The number of hydrogen-bond acceptors (Lipinski definition) is 14. The Balaban J connectivity index is 0.000000203. The highest BCUT2D eigenvalue weighted by Crippen LogP contribution is 2.47. The summed E-state index contributed by atoms with van der Waals surface area (Å²) in [5, 5.41) is 6.74. The van der Waals surface area contributed by atoms with Crippen LogP contribution in [-0.2, 0) is 19.0 Å². The highest BCUT2D eigenvalue weighted by Gasteiger charge is 2.32. The largest absolute Gasteiger partial charge is 0.495 e. The lowest BCUT2D eigenvalue weighted by Crippen LogP contribution is -2.32. The number of nitrogens with zero attached hydrogens (tertiary/aromatic N) is 4. The molecule has 0 amide bonds. The van der Waals surface area contributed by atoms with Gasteiger partial charge in [0.15, 0.2) is 0 Å². The van der Waals surface area contributed by atoms with Gasteiger partial charge in [-0.3, -0.25) is 4.79 Å². The summed E-state index contributed by atoms with van der Waals surface area (Å²) in [6.07, 6.45) is 3.64. The highest BCUT2D eigenvalue weighted by molar-refractivity contribution is 6.42. The van der Waals surface area contributed by atoms with Crippen molar-refractivity contribution in [2.45, 2.75) is 51.8 Å². The third kappa shape index (κ3) is 12.3. The van der Waals surface area contributed by atoms with Crippen LogP contribution in [-0.4, -0.2) is 98.5 Å². The molecule has 2 fully saturated rings. The van der Waals surface area contributed by atoms with Crippen LogP contribution >= 0.6 is 58.0 Å². The molecule has 3 N–H and O–H groups in total. The van der Waals surface area contributed by atoms with Gasteiger partial charge >= 0.3 is 5.97 Å². The first-order valence-corrected chi connectivity index (χ1v) is 22.6. The van der Waals surface area contributed by atoms with E-state index in [-0.39, 0.29) is 29.6 Å². The number of nitrogens with one attached hydrogen (secondary N) is 1. The Bertz CT molecular complexity index is 2630. The van der Waals surface area contributed by atoms with Gasteiger partial charge in [-0.25, -0.2) is 19.9 Å². The molecule has 2 aromatic heterocycles. The van der Waals surface area contributed by atoms with E-state index in [1.54, 1.807) is 24.5 Å². The van der Waals surface area contributed by atoms with Crippen molar-refractivity contribution in [2.75, 3.05) is 60.2 Å². The van der Waals surface area contributed by atoms with Crippen molar-refractivity contribution in [3.8, 4) is 45.3 Å². The predicted octanol–water partition coefficient (Wildman–Crippen LogP) is 11.0. The fraction of sp³-hybridized carbons (Fsp3) is 0.383. The van der Waals surface area contributed by atoms with E-state index in [9.17, 15) is 4.79 Å². The third-order valence-corrected chi connectivity index (χ3v) is 12.3. The van der Waals surface area contributed by atoms with Crippen molar-refractivity contribution in [1.82, 2.24) is 19.9 Å². The van der Waals surface area contributed by atoms with Crippen LogP contribution in [0, 0.1) is 11.8 Å². The zero-order valence-electron chi connectivity index (χ0n) is 37.6. The number of fused-ring (bicyclic) bond motifs is 2. The van der Waals surface area contributed by atoms with Gasteiger partial charge in [0.2, 0.25) is 11.2 Å². The maximum atomic E-state index is 12.3. The Morgan fingerprint density at radius 1 is 0.697 bits per heavy atom. The van der Waals surface area contributed by atoms with Gasteiger partial charge in [-0.1, -0.05) is 65.5 Å². The maximum Gasteiger partial charge on any atom is 0.306 e. The summed E-state index contributed by atoms with van der Waals surface area (Å²) in [6.45, 7) is 10.2. The number of carbonyl (C=O) groups excluding carboxylic acids is 1. The molecule has 6 aromatic rings. The third-order valence-electron chi connectivity index (χ3n) is 10.6. The number of carbonyl (C=O) groups is 1. The van der Waals surface area contributed by atoms with E-state index in [1.807, 2.05) is 57.2 Å². The van der Waals surface area contributed by atoms with E-state index >= 15 is 0 Å². The summed E-state index contributed by atoms with van der Waals surface area (Å²) in [4.78, 5) is 29.6. The van der Waals surface area contributed by atoms with Crippen molar-refractivity contribution >= 4 is 91.7 Å². The van der Waals surface area contributed by atoms with Gasteiger partial charge in [-0.05, 0) is 73.7 Å². The molecular weight excluding hydrogens is 954 g/mol. The molecule has 4 atom stereocenters. The van der Waals surface area contributed by atoms with Crippen molar-refractivity contribution in [3.05, 3.63) is 86.3 Å². The molecule has 2 aliphatic rings. The quantitative estimate of drug-likeness (QED) is 0.0981. The summed E-state index contributed by atoms with van der Waals surface area (Å²) in [7, 11) is 6.15. The molecule has 19 heteroatoms. The number of halogens is 5. The molecule has 0 radical (unpaired) electrons. The van der Waals surface area contributed by atoms with E-state index in [0.29, 0.717) is 85.3 Å². The van der Waals surface area contributed by atoms with Crippen LogP contribution in [0.15, 0.2) is 60.9 Å². The second-order valence-electron chi connectivity index (χ2n) is 16.5. The standard InChI is InChI=1S/C26H29Cl2N3O5.C16H11Cl3N2O2.C5H11NO/c1-26(2,3)36-21(32)9-16-12-35-13-18(16)31-25-29-11-15-8-14(6-7-17(15)30-25)22-23(27)19(33-4)10-20(34-5)24(22)28;1-22-11-6-12(23-2)15(18)13(14(11)17)8-3-4-10-9(5-8)7-20-16(19)21-10;1-4-2-7-3-5(4)6/h6-8,10-11,16,18H,9,12-13H2,1-5H3,(H,29,30,31);3-7H,1-2H3;4-5H,2-3,6H2,1H3/t16-,18+;;4-,5+/m0.0/s1. The topological polar surface area (TPSA) is 171 Å². The van der Waals surface area contributed by atoms with Gasteiger partial charge in [0.25, 0.3) is 0 Å². The van der Waals surface area contributed by atoms with Crippen LogP contribution in [0.3, 0.4) is 0 Å². The van der Waals surface area contributed by atoms with Crippen LogP contribution < -0.4 is 30.0 Å². The minimum absolute atomic E-state index is 0.0335. The van der Waals surface area contributed by atoms with E-state index in [2.05, 4.69) is 32.2 Å². The van der Waals surface area contributed by atoms with E-state index < -0.39 is 5.60 Å². The monoisotopic (exact) mass is 1000 g/mol. The smallest absolute Gasteiger partial charge is 0.306 e. The molecule has 4 heterocycles. The molecule has 352 valence electrons. The molecule has 8 rings (SSSR count). The first-order valence-electron chi connectivity index (χ1n) is 20.7. The molecule has 14 nitrogen and oxygen atoms in total. The minimum atomic E-state index is -0.524. The normalized spacial score (nSPS) is 17.9. The zero-order valence-corrected chi connectivity index (χ0v) is 41.4.